The number of amides is 1. The molecule has 9 heteroatoms. The lowest BCUT2D eigenvalue weighted by molar-refractivity contribution is -0.122. The molecule has 36 heavy (non-hydrogen) atoms. The predicted molar refractivity (Wildman–Crippen MR) is 150 cm³/mol. The van der Waals surface area contributed by atoms with Gasteiger partial charge in [0.2, 0.25) is 0 Å². The van der Waals surface area contributed by atoms with Crippen molar-refractivity contribution in [2.45, 2.75) is 46.8 Å². The lowest BCUT2D eigenvalue weighted by Crippen LogP contribution is -2.27. The first kappa shape index (κ1) is 26.1. The number of fused-ring (bicyclic) bond motifs is 1. The van der Waals surface area contributed by atoms with Crippen LogP contribution in [0.2, 0.25) is 0 Å². The molecular formula is C27H30N4O3S2. The van der Waals surface area contributed by atoms with Crippen molar-refractivity contribution in [1.82, 2.24) is 14.3 Å². The van der Waals surface area contributed by atoms with Gasteiger partial charge in [0.25, 0.3) is 11.5 Å². The van der Waals surface area contributed by atoms with Gasteiger partial charge in [-0.05, 0) is 57.4 Å². The fourth-order valence-corrected chi connectivity index (χ4v) is 5.05. The predicted octanol–water partition coefficient (Wildman–Crippen LogP) is 4.94. The number of benzene rings is 1. The number of thioether (sulfide) groups is 1. The van der Waals surface area contributed by atoms with E-state index in [1.165, 1.54) is 16.2 Å². The van der Waals surface area contributed by atoms with E-state index in [1.54, 1.807) is 17.2 Å². The number of aryl methyl sites for hydroxylation is 2. The summed E-state index contributed by atoms with van der Waals surface area (Å²) in [6.07, 6.45) is 4.22. The van der Waals surface area contributed by atoms with E-state index in [4.69, 9.17) is 21.9 Å². The Hall–Kier alpha value is -3.01. The van der Waals surface area contributed by atoms with Crippen LogP contribution in [-0.2, 0) is 16.1 Å². The second kappa shape index (κ2) is 11.4. The van der Waals surface area contributed by atoms with Crippen molar-refractivity contribution in [3.63, 3.8) is 0 Å². The van der Waals surface area contributed by atoms with Gasteiger partial charge in [0.1, 0.15) is 15.8 Å². The van der Waals surface area contributed by atoms with Crippen LogP contribution in [0.5, 0.6) is 0 Å². The molecule has 4 rings (SSSR count). The Bertz CT molecular complexity index is 1380. The molecule has 0 radical (unpaired) electrons. The molecule has 1 aliphatic heterocycles. The van der Waals surface area contributed by atoms with Gasteiger partial charge in [-0.2, -0.15) is 0 Å². The number of hydrogen-bond donors (Lipinski definition) is 1. The van der Waals surface area contributed by atoms with Gasteiger partial charge in [0.05, 0.1) is 23.1 Å². The smallest absolute Gasteiger partial charge is 0.267 e. The van der Waals surface area contributed by atoms with Gasteiger partial charge >= 0.3 is 0 Å². The van der Waals surface area contributed by atoms with Gasteiger partial charge in [-0.1, -0.05) is 59.9 Å². The van der Waals surface area contributed by atoms with E-state index in [9.17, 15) is 9.59 Å². The number of pyridine rings is 1. The van der Waals surface area contributed by atoms with E-state index in [2.05, 4.69) is 5.32 Å². The van der Waals surface area contributed by atoms with Gasteiger partial charge in [0.15, 0.2) is 0 Å². The normalized spacial score (nSPS) is 15.0. The molecule has 0 aliphatic carbocycles. The Labute approximate surface area is 220 Å². The highest BCUT2D eigenvalue weighted by atomic mass is 32.2. The maximum Gasteiger partial charge on any atom is 0.267 e. The number of nitrogens with zero attached hydrogens (tertiary/aromatic N) is 3. The van der Waals surface area contributed by atoms with E-state index in [-0.39, 0.29) is 17.6 Å². The SMILES string of the molecule is Cc1ccc(CN2C(=O)/C(=C/c3c(NCCCOC(C)C)nc4c(C)cccn4c3=O)SC2=S)cc1. The van der Waals surface area contributed by atoms with Crippen LogP contribution in [0, 0.1) is 13.8 Å². The first-order valence-electron chi connectivity index (χ1n) is 11.9. The highest BCUT2D eigenvalue weighted by Crippen LogP contribution is 2.34. The maximum absolute atomic E-state index is 13.5. The molecular weight excluding hydrogens is 492 g/mol. The molecule has 188 valence electrons. The van der Waals surface area contributed by atoms with Crippen LogP contribution in [0.4, 0.5) is 5.82 Å². The summed E-state index contributed by atoms with van der Waals surface area (Å²) in [5.74, 6) is 0.234. The summed E-state index contributed by atoms with van der Waals surface area (Å²) in [6, 6.07) is 11.7. The van der Waals surface area contributed by atoms with Crippen LogP contribution in [-0.4, -0.2) is 43.8 Å². The first-order chi connectivity index (χ1) is 17.2. The highest BCUT2D eigenvalue weighted by molar-refractivity contribution is 8.26. The first-order valence-corrected chi connectivity index (χ1v) is 13.2. The molecule has 3 heterocycles. The molecule has 0 saturated carbocycles. The third kappa shape index (κ3) is 5.86. The van der Waals surface area contributed by atoms with E-state index >= 15 is 0 Å². The minimum Gasteiger partial charge on any atom is -0.379 e. The molecule has 1 saturated heterocycles. The minimum atomic E-state index is -0.242. The molecule has 1 aliphatic rings. The van der Waals surface area contributed by atoms with Crippen molar-refractivity contribution >= 4 is 51.7 Å². The van der Waals surface area contributed by atoms with Crippen molar-refractivity contribution < 1.29 is 9.53 Å². The Balaban J connectivity index is 1.65. The van der Waals surface area contributed by atoms with E-state index < -0.39 is 0 Å². The number of anilines is 1. The summed E-state index contributed by atoms with van der Waals surface area (Å²) in [6.45, 7) is 9.49. The summed E-state index contributed by atoms with van der Waals surface area (Å²) in [4.78, 5) is 33.5. The van der Waals surface area contributed by atoms with Crippen LogP contribution in [0.3, 0.4) is 0 Å². The van der Waals surface area contributed by atoms with Gasteiger partial charge in [-0.15, -0.1) is 0 Å². The van der Waals surface area contributed by atoms with Crippen LogP contribution in [0.1, 0.15) is 42.5 Å². The maximum atomic E-state index is 13.5. The molecule has 1 fully saturated rings. The Morgan fingerprint density at radius 3 is 2.64 bits per heavy atom. The number of thiocarbonyl (C=S) groups is 1. The number of rotatable bonds is 9. The van der Waals surface area contributed by atoms with Crippen molar-refractivity contribution in [2.75, 3.05) is 18.5 Å². The minimum absolute atomic E-state index is 0.161. The number of ether oxygens (including phenoxy) is 1. The second-order valence-corrected chi connectivity index (χ2v) is 10.7. The summed E-state index contributed by atoms with van der Waals surface area (Å²) in [5, 5.41) is 3.29. The van der Waals surface area contributed by atoms with Crippen molar-refractivity contribution in [3.05, 3.63) is 80.1 Å². The molecule has 7 nitrogen and oxygen atoms in total. The summed E-state index contributed by atoms with van der Waals surface area (Å²) in [7, 11) is 0. The van der Waals surface area contributed by atoms with E-state index in [1.807, 2.05) is 64.1 Å². The molecule has 1 amide bonds. The summed E-state index contributed by atoms with van der Waals surface area (Å²) in [5.41, 5.74) is 3.70. The Kier molecular flexibility index (Phi) is 8.23. The second-order valence-electron chi connectivity index (χ2n) is 9.02. The van der Waals surface area contributed by atoms with Gasteiger partial charge in [0, 0.05) is 19.3 Å². The molecule has 2 aromatic heterocycles. The van der Waals surface area contributed by atoms with E-state index in [0.29, 0.717) is 46.0 Å². The van der Waals surface area contributed by atoms with Crippen LogP contribution in [0.15, 0.2) is 52.3 Å². The molecule has 0 spiro atoms. The average Bonchev–Trinajstić information content (AvgIpc) is 3.10. The monoisotopic (exact) mass is 522 g/mol. The summed E-state index contributed by atoms with van der Waals surface area (Å²) >= 11 is 6.72. The molecule has 1 aromatic carbocycles. The zero-order valence-corrected chi connectivity index (χ0v) is 22.5. The third-order valence-corrected chi connectivity index (χ3v) is 7.14. The fourth-order valence-electron chi connectivity index (χ4n) is 3.82. The molecule has 1 N–H and O–H groups in total. The number of hydrogen-bond acceptors (Lipinski definition) is 7. The van der Waals surface area contributed by atoms with E-state index in [0.717, 1.165) is 23.1 Å². The van der Waals surface area contributed by atoms with Crippen molar-refractivity contribution in [2.24, 2.45) is 0 Å². The zero-order valence-electron chi connectivity index (χ0n) is 20.9. The molecule has 3 aromatic rings. The quantitative estimate of drug-likeness (QED) is 0.242. The Morgan fingerprint density at radius 1 is 1.17 bits per heavy atom. The van der Waals surface area contributed by atoms with Crippen molar-refractivity contribution in [3.8, 4) is 0 Å². The largest absolute Gasteiger partial charge is 0.379 e. The standard InChI is InChI=1S/C27H30N4O3S2/c1-17(2)34-14-6-12-28-23-21(25(32)30-13-5-7-19(4)24(30)29-23)15-22-26(33)31(27(35)36-22)16-20-10-8-18(3)9-11-20/h5,7-11,13,15,17,28H,6,12,14,16H2,1-4H3/b22-15-. The number of aromatic nitrogens is 2. The zero-order chi connectivity index (χ0) is 25.8. The van der Waals surface area contributed by atoms with Gasteiger partial charge < -0.3 is 10.1 Å². The van der Waals surface area contributed by atoms with Gasteiger partial charge in [-0.25, -0.2) is 4.98 Å². The number of nitrogens with one attached hydrogen (secondary N) is 1. The molecule has 0 atom stereocenters. The average molecular weight is 523 g/mol. The lowest BCUT2D eigenvalue weighted by Gasteiger charge is -2.15. The fraction of sp³-hybridized carbons (Fsp3) is 0.333. The lowest BCUT2D eigenvalue weighted by atomic mass is 10.1. The summed E-state index contributed by atoms with van der Waals surface area (Å²) < 4.78 is 7.60. The van der Waals surface area contributed by atoms with Crippen LogP contribution >= 0.6 is 24.0 Å². The Morgan fingerprint density at radius 2 is 1.92 bits per heavy atom. The molecule has 0 unspecified atom stereocenters. The number of carbonyl (C=O) groups is 1. The van der Waals surface area contributed by atoms with Gasteiger partial charge in [-0.3, -0.25) is 18.9 Å². The van der Waals surface area contributed by atoms with Crippen LogP contribution in [0.25, 0.3) is 11.7 Å². The number of carbonyl (C=O) groups excluding carboxylic acids is 1. The van der Waals surface area contributed by atoms with Crippen molar-refractivity contribution in [1.29, 1.82) is 0 Å². The molecule has 0 bridgehead atoms. The topological polar surface area (TPSA) is 75.9 Å². The highest BCUT2D eigenvalue weighted by Gasteiger charge is 2.32. The third-order valence-electron chi connectivity index (χ3n) is 5.76. The van der Waals surface area contributed by atoms with Crippen LogP contribution < -0.4 is 10.9 Å².